The predicted molar refractivity (Wildman–Crippen MR) is 136 cm³/mol. The molecule has 190 valence electrons. The van der Waals surface area contributed by atoms with Gasteiger partial charge in [-0.2, -0.15) is 0 Å². The Morgan fingerprint density at radius 2 is 1.72 bits per heavy atom. The molecular weight excluding hydrogens is 488 g/mol. The lowest BCUT2D eigenvalue weighted by Gasteiger charge is -2.32. The van der Waals surface area contributed by atoms with Crippen molar-refractivity contribution in [3.8, 4) is 5.75 Å². The largest absolute Gasteiger partial charge is 0.497 e. The van der Waals surface area contributed by atoms with Crippen LogP contribution in [0.15, 0.2) is 60.7 Å². The van der Waals surface area contributed by atoms with Crippen molar-refractivity contribution >= 4 is 29.1 Å². The van der Waals surface area contributed by atoms with Gasteiger partial charge < -0.3 is 20.7 Å². The van der Waals surface area contributed by atoms with Crippen molar-refractivity contribution in [3.05, 3.63) is 94.0 Å². The Morgan fingerprint density at radius 1 is 1.03 bits per heavy atom. The molecule has 0 atom stereocenters. The highest BCUT2D eigenvalue weighted by molar-refractivity contribution is 6.31. The van der Waals surface area contributed by atoms with E-state index in [-0.39, 0.29) is 31.1 Å². The Morgan fingerprint density at radius 3 is 2.36 bits per heavy atom. The van der Waals surface area contributed by atoms with Crippen LogP contribution in [-0.2, 0) is 6.54 Å². The van der Waals surface area contributed by atoms with Crippen LogP contribution < -0.4 is 15.8 Å². The number of rotatable bonds is 9. The molecule has 0 saturated carbocycles. The molecule has 0 aliphatic rings. The molecule has 0 spiro atoms. The van der Waals surface area contributed by atoms with Crippen molar-refractivity contribution in [2.45, 2.75) is 20.4 Å². The maximum absolute atomic E-state index is 13.8. The Balaban J connectivity index is 1.89. The lowest BCUT2D eigenvalue weighted by Crippen LogP contribution is -2.41. The van der Waals surface area contributed by atoms with E-state index >= 15 is 0 Å². The van der Waals surface area contributed by atoms with Gasteiger partial charge in [0.15, 0.2) is 0 Å². The minimum Gasteiger partial charge on any atom is -0.497 e. The molecule has 0 aromatic heterocycles. The van der Waals surface area contributed by atoms with Crippen molar-refractivity contribution in [2.75, 3.05) is 25.5 Å². The smallest absolute Gasteiger partial charge is 0.255 e. The number of carbonyl (C=O) groups is 2. The SMILES string of the molecule is COc1cccc(C(=O)Nc2ccc(Cl)c(CN(CC(C)(C)CN)C(=O)c3cc(F)cc(F)c3)c2)c1. The molecular formula is C27H28ClF2N3O3. The zero-order valence-corrected chi connectivity index (χ0v) is 21.0. The number of nitrogens with one attached hydrogen (secondary N) is 1. The van der Waals surface area contributed by atoms with Gasteiger partial charge in [0.05, 0.1) is 7.11 Å². The molecule has 0 radical (unpaired) electrons. The minimum absolute atomic E-state index is 0.0299. The normalized spacial score (nSPS) is 11.2. The molecule has 0 heterocycles. The topological polar surface area (TPSA) is 84.7 Å². The molecule has 6 nitrogen and oxygen atoms in total. The number of nitrogens with zero attached hydrogens (tertiary/aromatic N) is 1. The first-order valence-electron chi connectivity index (χ1n) is 11.2. The fourth-order valence-corrected chi connectivity index (χ4v) is 3.76. The lowest BCUT2D eigenvalue weighted by molar-refractivity contribution is 0.0672. The second-order valence-corrected chi connectivity index (χ2v) is 9.59. The van der Waals surface area contributed by atoms with Crippen molar-refractivity contribution < 1.29 is 23.1 Å². The molecule has 0 aliphatic carbocycles. The van der Waals surface area contributed by atoms with E-state index in [1.165, 1.54) is 12.0 Å². The van der Waals surface area contributed by atoms with Gasteiger partial charge in [-0.15, -0.1) is 0 Å². The highest BCUT2D eigenvalue weighted by Crippen LogP contribution is 2.26. The van der Waals surface area contributed by atoms with E-state index in [4.69, 9.17) is 22.1 Å². The number of halogens is 3. The van der Waals surface area contributed by atoms with E-state index in [2.05, 4.69) is 5.32 Å². The molecule has 36 heavy (non-hydrogen) atoms. The average molecular weight is 516 g/mol. The van der Waals surface area contributed by atoms with Crippen molar-refractivity contribution in [1.29, 1.82) is 0 Å². The van der Waals surface area contributed by atoms with Crippen LogP contribution in [0.4, 0.5) is 14.5 Å². The van der Waals surface area contributed by atoms with Gasteiger partial charge >= 0.3 is 0 Å². The van der Waals surface area contributed by atoms with Gasteiger partial charge in [-0.05, 0) is 66.1 Å². The molecule has 3 aromatic carbocycles. The molecule has 3 N–H and O–H groups in total. The monoisotopic (exact) mass is 515 g/mol. The zero-order chi connectivity index (χ0) is 26.5. The summed E-state index contributed by atoms with van der Waals surface area (Å²) in [6.45, 7) is 4.27. The van der Waals surface area contributed by atoms with Gasteiger partial charge in [0.2, 0.25) is 0 Å². The van der Waals surface area contributed by atoms with Crippen LogP contribution in [-0.4, -0.2) is 36.9 Å². The van der Waals surface area contributed by atoms with Crippen LogP contribution in [0, 0.1) is 17.0 Å². The third kappa shape index (κ3) is 7.02. The number of carbonyl (C=O) groups excluding carboxylic acids is 2. The van der Waals surface area contributed by atoms with E-state index < -0.39 is 23.0 Å². The predicted octanol–water partition coefficient (Wildman–Crippen LogP) is 5.51. The number of ether oxygens (including phenoxy) is 1. The number of amides is 2. The molecule has 0 unspecified atom stereocenters. The summed E-state index contributed by atoms with van der Waals surface area (Å²) >= 11 is 6.43. The first-order chi connectivity index (χ1) is 17.0. The molecule has 0 fully saturated rings. The van der Waals surface area contributed by atoms with Crippen molar-refractivity contribution in [2.24, 2.45) is 11.1 Å². The van der Waals surface area contributed by atoms with Crippen LogP contribution in [0.5, 0.6) is 5.75 Å². The molecule has 0 aliphatic heterocycles. The maximum atomic E-state index is 13.8. The maximum Gasteiger partial charge on any atom is 0.255 e. The second-order valence-electron chi connectivity index (χ2n) is 9.18. The Kier molecular flexibility index (Phi) is 8.66. The molecule has 0 bridgehead atoms. The summed E-state index contributed by atoms with van der Waals surface area (Å²) in [7, 11) is 1.51. The fourth-order valence-electron chi connectivity index (χ4n) is 3.59. The summed E-state index contributed by atoms with van der Waals surface area (Å²) in [4.78, 5) is 27.5. The van der Waals surface area contributed by atoms with E-state index in [9.17, 15) is 18.4 Å². The molecule has 3 aromatic rings. The number of benzene rings is 3. The number of anilines is 1. The summed E-state index contributed by atoms with van der Waals surface area (Å²) in [5.74, 6) is -2.08. The first kappa shape index (κ1) is 27.1. The lowest BCUT2D eigenvalue weighted by atomic mass is 9.92. The summed E-state index contributed by atoms with van der Waals surface area (Å²) in [6, 6.07) is 14.3. The number of hydrogen-bond donors (Lipinski definition) is 2. The number of methoxy groups -OCH3 is 1. The van der Waals surface area contributed by atoms with Crippen LogP contribution >= 0.6 is 11.6 Å². The molecule has 2 amide bonds. The van der Waals surface area contributed by atoms with Gasteiger partial charge in [-0.25, -0.2) is 8.78 Å². The van der Waals surface area contributed by atoms with E-state index in [0.717, 1.165) is 12.1 Å². The molecule has 0 saturated heterocycles. The highest BCUT2D eigenvalue weighted by Gasteiger charge is 2.26. The summed E-state index contributed by atoms with van der Waals surface area (Å²) in [5, 5.41) is 3.17. The van der Waals surface area contributed by atoms with Crippen molar-refractivity contribution in [3.63, 3.8) is 0 Å². The second kappa shape index (κ2) is 11.5. The molecule has 9 heteroatoms. The Labute approximate surface area is 214 Å². The van der Waals surface area contributed by atoms with Gasteiger partial charge in [0.1, 0.15) is 17.4 Å². The van der Waals surface area contributed by atoms with Gasteiger partial charge in [-0.1, -0.05) is 31.5 Å². The zero-order valence-electron chi connectivity index (χ0n) is 20.3. The highest BCUT2D eigenvalue weighted by atomic mass is 35.5. The fraction of sp³-hybridized carbons (Fsp3) is 0.259. The Hall–Kier alpha value is -3.49. The van der Waals surface area contributed by atoms with E-state index in [1.54, 1.807) is 42.5 Å². The van der Waals surface area contributed by atoms with Gasteiger partial charge in [0, 0.05) is 41.0 Å². The minimum atomic E-state index is -0.850. The number of hydrogen-bond acceptors (Lipinski definition) is 4. The van der Waals surface area contributed by atoms with Crippen LogP contribution in [0.2, 0.25) is 5.02 Å². The van der Waals surface area contributed by atoms with Crippen LogP contribution in [0.1, 0.15) is 40.1 Å². The summed E-state index contributed by atoms with van der Waals surface area (Å²) < 4.78 is 32.8. The van der Waals surface area contributed by atoms with Crippen LogP contribution in [0.25, 0.3) is 0 Å². The Bertz CT molecular complexity index is 1250. The quantitative estimate of drug-likeness (QED) is 0.394. The first-order valence-corrected chi connectivity index (χ1v) is 11.6. The van der Waals surface area contributed by atoms with Crippen molar-refractivity contribution in [1.82, 2.24) is 4.90 Å². The number of nitrogens with two attached hydrogens (primary N) is 1. The third-order valence-electron chi connectivity index (χ3n) is 5.56. The van der Waals surface area contributed by atoms with Crippen LogP contribution in [0.3, 0.4) is 0 Å². The summed E-state index contributed by atoms with van der Waals surface area (Å²) in [6.07, 6.45) is 0. The van der Waals surface area contributed by atoms with E-state index in [0.29, 0.717) is 33.7 Å². The third-order valence-corrected chi connectivity index (χ3v) is 5.93. The van der Waals surface area contributed by atoms with Gasteiger partial charge in [0.25, 0.3) is 11.8 Å². The summed E-state index contributed by atoms with van der Waals surface area (Å²) in [5.41, 5.74) is 6.68. The van der Waals surface area contributed by atoms with Gasteiger partial charge in [-0.3, -0.25) is 9.59 Å². The standard InChI is InChI=1S/C27H28ClF2N3O3/c1-27(2,15-31)16-33(26(35)18-9-20(29)13-21(30)10-18)14-19-11-22(7-8-24(19)28)32-25(34)17-5-4-6-23(12-17)36-3/h4-13H,14-16,31H2,1-3H3,(H,32,34). The van der Waals surface area contributed by atoms with E-state index in [1.807, 2.05) is 13.8 Å². The average Bonchev–Trinajstić information content (AvgIpc) is 2.84. The molecule has 3 rings (SSSR count).